The van der Waals surface area contributed by atoms with Crippen LogP contribution in [0, 0.1) is 11.2 Å². The Labute approximate surface area is 147 Å². The first-order valence-electron chi connectivity index (χ1n) is 7.73. The van der Waals surface area contributed by atoms with Crippen molar-refractivity contribution >= 4 is 18.3 Å². The molecule has 1 aromatic heterocycles. The summed E-state index contributed by atoms with van der Waals surface area (Å²) in [6, 6.07) is 7.77. The molecule has 1 atom stereocenters. The van der Waals surface area contributed by atoms with Crippen molar-refractivity contribution < 1.29 is 9.18 Å². The van der Waals surface area contributed by atoms with Gasteiger partial charge in [-0.3, -0.25) is 4.79 Å². The molecule has 2 aromatic rings. The SMILES string of the molecule is CC1(C)CN(C(=O)c2ccn(-c3ccc(F)cc3)n2)CCC1N.Cl. The van der Waals surface area contributed by atoms with Crippen molar-refractivity contribution in [1.29, 1.82) is 0 Å². The van der Waals surface area contributed by atoms with E-state index >= 15 is 0 Å². The number of rotatable bonds is 2. The first kappa shape index (κ1) is 18.4. The van der Waals surface area contributed by atoms with Crippen LogP contribution in [0.3, 0.4) is 0 Å². The maximum atomic E-state index is 13.0. The highest BCUT2D eigenvalue weighted by molar-refractivity contribution is 5.92. The van der Waals surface area contributed by atoms with Gasteiger partial charge in [-0.15, -0.1) is 12.4 Å². The Kier molecular flexibility index (Phi) is 5.30. The normalized spacial score (nSPS) is 19.7. The number of amides is 1. The molecule has 0 bridgehead atoms. The van der Waals surface area contributed by atoms with E-state index in [9.17, 15) is 9.18 Å². The van der Waals surface area contributed by atoms with Crippen molar-refractivity contribution in [3.63, 3.8) is 0 Å². The maximum absolute atomic E-state index is 13.0. The van der Waals surface area contributed by atoms with Crippen LogP contribution in [0.25, 0.3) is 5.69 Å². The van der Waals surface area contributed by atoms with Crippen LogP contribution >= 0.6 is 12.4 Å². The van der Waals surface area contributed by atoms with E-state index in [1.54, 1.807) is 34.0 Å². The second kappa shape index (κ2) is 6.91. The zero-order valence-electron chi connectivity index (χ0n) is 13.8. The van der Waals surface area contributed by atoms with Crippen molar-refractivity contribution in [2.24, 2.45) is 11.1 Å². The lowest BCUT2D eigenvalue weighted by molar-refractivity contribution is 0.0527. The molecule has 1 aliphatic rings. The number of nitrogens with two attached hydrogens (primary N) is 1. The Morgan fingerprint density at radius 2 is 1.96 bits per heavy atom. The van der Waals surface area contributed by atoms with Crippen LogP contribution in [0.15, 0.2) is 36.5 Å². The Balaban J connectivity index is 0.00000208. The third kappa shape index (κ3) is 3.60. The first-order chi connectivity index (χ1) is 10.9. The number of benzene rings is 1. The fraction of sp³-hybridized carbons (Fsp3) is 0.412. The average Bonchev–Trinajstić information content (AvgIpc) is 3.00. The van der Waals surface area contributed by atoms with Crippen LogP contribution in [-0.2, 0) is 0 Å². The first-order valence-corrected chi connectivity index (χ1v) is 7.73. The quantitative estimate of drug-likeness (QED) is 0.903. The third-order valence-corrected chi connectivity index (χ3v) is 4.50. The van der Waals surface area contributed by atoms with Gasteiger partial charge < -0.3 is 10.6 Å². The molecule has 1 fully saturated rings. The van der Waals surface area contributed by atoms with E-state index < -0.39 is 0 Å². The summed E-state index contributed by atoms with van der Waals surface area (Å²) in [4.78, 5) is 14.4. The van der Waals surface area contributed by atoms with Gasteiger partial charge in [0.25, 0.3) is 5.91 Å². The van der Waals surface area contributed by atoms with Gasteiger partial charge in [-0.1, -0.05) is 13.8 Å². The number of halogens is 2. The van der Waals surface area contributed by atoms with Crippen molar-refractivity contribution in [3.05, 3.63) is 48.0 Å². The summed E-state index contributed by atoms with van der Waals surface area (Å²) in [5.41, 5.74) is 7.12. The van der Waals surface area contributed by atoms with E-state index in [0.717, 1.165) is 6.42 Å². The summed E-state index contributed by atoms with van der Waals surface area (Å²) in [5, 5.41) is 4.32. The fourth-order valence-electron chi connectivity index (χ4n) is 2.88. The van der Waals surface area contributed by atoms with E-state index in [0.29, 0.717) is 24.5 Å². The Morgan fingerprint density at radius 1 is 1.29 bits per heavy atom. The molecular weight excluding hydrogens is 331 g/mol. The van der Waals surface area contributed by atoms with E-state index in [1.165, 1.54) is 12.1 Å². The van der Waals surface area contributed by atoms with E-state index in [4.69, 9.17) is 5.73 Å². The molecule has 0 saturated carbocycles. The van der Waals surface area contributed by atoms with Crippen molar-refractivity contribution in [2.75, 3.05) is 13.1 Å². The lowest BCUT2D eigenvalue weighted by Gasteiger charge is -2.42. The molecule has 5 nitrogen and oxygen atoms in total. The van der Waals surface area contributed by atoms with Crippen LogP contribution in [0.4, 0.5) is 4.39 Å². The molecule has 3 rings (SSSR count). The van der Waals surface area contributed by atoms with Gasteiger partial charge in [0.1, 0.15) is 5.82 Å². The van der Waals surface area contributed by atoms with E-state index in [-0.39, 0.29) is 35.6 Å². The minimum absolute atomic E-state index is 0. The van der Waals surface area contributed by atoms with Gasteiger partial charge in [-0.05, 0) is 42.2 Å². The number of nitrogens with zero attached hydrogens (tertiary/aromatic N) is 3. The molecular formula is C17H22ClFN4O. The molecule has 0 radical (unpaired) electrons. The summed E-state index contributed by atoms with van der Waals surface area (Å²) in [7, 11) is 0. The van der Waals surface area contributed by atoms with Crippen LogP contribution in [-0.4, -0.2) is 39.7 Å². The molecule has 1 saturated heterocycles. The standard InChI is InChI=1S/C17H21FN4O.ClH/c1-17(2)11-21(9-8-15(17)19)16(23)14-7-10-22(20-14)13-5-3-12(18)4-6-13;/h3-7,10,15H,8-9,11,19H2,1-2H3;1H. The highest BCUT2D eigenvalue weighted by Gasteiger charge is 2.36. The van der Waals surface area contributed by atoms with E-state index in [2.05, 4.69) is 18.9 Å². The Morgan fingerprint density at radius 3 is 2.58 bits per heavy atom. The van der Waals surface area contributed by atoms with Crippen molar-refractivity contribution in [3.8, 4) is 5.69 Å². The predicted molar refractivity (Wildman–Crippen MR) is 93.0 cm³/mol. The Bertz CT molecular complexity index is 714. The molecule has 24 heavy (non-hydrogen) atoms. The number of hydrogen-bond acceptors (Lipinski definition) is 3. The predicted octanol–water partition coefficient (Wildman–Crippen LogP) is 2.63. The molecule has 7 heteroatoms. The lowest BCUT2D eigenvalue weighted by Crippen LogP contribution is -2.54. The maximum Gasteiger partial charge on any atom is 0.274 e. The van der Waals surface area contributed by atoms with Crippen molar-refractivity contribution in [1.82, 2.24) is 14.7 Å². The summed E-state index contributed by atoms with van der Waals surface area (Å²) in [5.74, 6) is -0.394. The van der Waals surface area contributed by atoms with Crippen LogP contribution in [0.2, 0.25) is 0 Å². The molecule has 0 spiro atoms. The molecule has 1 aliphatic heterocycles. The van der Waals surface area contributed by atoms with E-state index in [1.807, 2.05) is 0 Å². The molecule has 2 heterocycles. The number of hydrogen-bond donors (Lipinski definition) is 1. The smallest absolute Gasteiger partial charge is 0.274 e. The summed E-state index contributed by atoms with van der Waals surface area (Å²) >= 11 is 0. The van der Waals surface area contributed by atoms with Crippen LogP contribution in [0.1, 0.15) is 30.8 Å². The largest absolute Gasteiger partial charge is 0.337 e. The van der Waals surface area contributed by atoms with Crippen LogP contribution < -0.4 is 5.73 Å². The number of carbonyl (C=O) groups excluding carboxylic acids is 1. The molecule has 1 unspecified atom stereocenters. The Hall–Kier alpha value is -1.92. The highest BCUT2D eigenvalue weighted by atomic mass is 35.5. The number of likely N-dealkylation sites (tertiary alicyclic amines) is 1. The zero-order chi connectivity index (χ0) is 16.6. The molecule has 1 aromatic carbocycles. The second-order valence-electron chi connectivity index (χ2n) is 6.73. The summed E-state index contributed by atoms with van der Waals surface area (Å²) < 4.78 is 14.6. The number of carbonyl (C=O) groups is 1. The lowest BCUT2D eigenvalue weighted by atomic mass is 9.79. The van der Waals surface area contributed by atoms with Gasteiger partial charge in [0.15, 0.2) is 5.69 Å². The second-order valence-corrected chi connectivity index (χ2v) is 6.73. The molecule has 0 aliphatic carbocycles. The number of aromatic nitrogens is 2. The number of piperidine rings is 1. The van der Waals surface area contributed by atoms with Gasteiger partial charge in [-0.25, -0.2) is 9.07 Å². The molecule has 130 valence electrons. The minimum Gasteiger partial charge on any atom is -0.337 e. The third-order valence-electron chi connectivity index (χ3n) is 4.50. The average molecular weight is 353 g/mol. The van der Waals surface area contributed by atoms with Crippen molar-refractivity contribution in [2.45, 2.75) is 26.3 Å². The molecule has 2 N–H and O–H groups in total. The summed E-state index contributed by atoms with van der Waals surface area (Å²) in [6.07, 6.45) is 2.50. The van der Waals surface area contributed by atoms with Gasteiger partial charge in [0.2, 0.25) is 0 Å². The van der Waals surface area contributed by atoms with Gasteiger partial charge in [0.05, 0.1) is 5.69 Å². The topological polar surface area (TPSA) is 64.2 Å². The zero-order valence-corrected chi connectivity index (χ0v) is 14.6. The van der Waals surface area contributed by atoms with Gasteiger partial charge >= 0.3 is 0 Å². The summed E-state index contributed by atoms with van der Waals surface area (Å²) in [6.45, 7) is 5.42. The van der Waals surface area contributed by atoms with Crippen LogP contribution in [0.5, 0.6) is 0 Å². The monoisotopic (exact) mass is 352 g/mol. The minimum atomic E-state index is -0.302. The highest BCUT2D eigenvalue weighted by Crippen LogP contribution is 2.28. The van der Waals surface area contributed by atoms with Gasteiger partial charge in [0, 0.05) is 25.3 Å². The van der Waals surface area contributed by atoms with Gasteiger partial charge in [-0.2, -0.15) is 5.10 Å². The fourth-order valence-corrected chi connectivity index (χ4v) is 2.88. The molecule has 1 amide bonds.